The predicted molar refractivity (Wildman–Crippen MR) is 166 cm³/mol. The number of carbonyl (C=O) groups excluding carboxylic acids is 4. The second kappa shape index (κ2) is 16.0. The van der Waals surface area contributed by atoms with E-state index >= 15 is 0 Å². The van der Waals surface area contributed by atoms with Gasteiger partial charge in [-0.25, -0.2) is 0 Å². The standard InChI is InChI=1S/C34H34Cl2F3NO5/c1-20(2)29(32(43)34(37,38)39)19-30(42)31(23-10-12-28(45-3)13-11-23)40-33(44)24(14-21-6-4-8-25(35)15-21)18-27(41)17-22-7-5-9-26(36)16-22/h4-13,15-16,20,24,29,31H,14,17-19H2,1-3H3,(H,40,44)/t24-,29+,31+/m1/s1. The zero-order valence-electron chi connectivity index (χ0n) is 25.0. The number of hydrogen-bond donors (Lipinski definition) is 1. The zero-order chi connectivity index (χ0) is 33.3. The van der Waals surface area contributed by atoms with Gasteiger partial charge in [-0.1, -0.05) is 73.4 Å². The molecule has 11 heteroatoms. The number of methoxy groups -OCH3 is 1. The molecule has 45 heavy (non-hydrogen) atoms. The molecule has 3 aromatic rings. The number of nitrogens with one attached hydrogen (secondary N) is 1. The second-order valence-corrected chi connectivity index (χ2v) is 12.1. The highest BCUT2D eigenvalue weighted by molar-refractivity contribution is 6.30. The number of ether oxygens (including phenoxy) is 1. The van der Waals surface area contributed by atoms with E-state index in [9.17, 15) is 32.3 Å². The molecule has 6 nitrogen and oxygen atoms in total. The van der Waals surface area contributed by atoms with Crippen molar-refractivity contribution in [2.75, 3.05) is 7.11 Å². The topological polar surface area (TPSA) is 89.5 Å². The van der Waals surface area contributed by atoms with Gasteiger partial charge in [0.25, 0.3) is 0 Å². The van der Waals surface area contributed by atoms with E-state index < -0.39 is 53.9 Å². The summed E-state index contributed by atoms with van der Waals surface area (Å²) in [6, 6.07) is 18.2. The Morgan fingerprint density at radius 3 is 1.96 bits per heavy atom. The van der Waals surface area contributed by atoms with Crippen molar-refractivity contribution >= 4 is 46.5 Å². The molecule has 0 heterocycles. The molecule has 0 aliphatic carbocycles. The minimum atomic E-state index is -5.13. The maximum Gasteiger partial charge on any atom is 0.450 e. The number of Topliss-reactive ketones (excluding diaryl/α,β-unsaturated/α-hetero) is 3. The molecule has 3 rings (SSSR count). The molecule has 0 saturated carbocycles. The Morgan fingerprint density at radius 1 is 0.844 bits per heavy atom. The van der Waals surface area contributed by atoms with E-state index in [4.69, 9.17) is 27.9 Å². The maximum atomic E-state index is 13.9. The largest absolute Gasteiger partial charge is 0.497 e. The summed E-state index contributed by atoms with van der Waals surface area (Å²) in [6.07, 6.45) is -5.97. The van der Waals surface area contributed by atoms with Crippen molar-refractivity contribution in [3.05, 3.63) is 99.5 Å². The van der Waals surface area contributed by atoms with E-state index in [0.717, 1.165) is 0 Å². The minimum Gasteiger partial charge on any atom is -0.497 e. The van der Waals surface area contributed by atoms with Crippen LogP contribution in [0.15, 0.2) is 72.8 Å². The minimum absolute atomic E-state index is 0.0103. The summed E-state index contributed by atoms with van der Waals surface area (Å²) >= 11 is 12.2. The predicted octanol–water partition coefficient (Wildman–Crippen LogP) is 7.58. The highest BCUT2D eigenvalue weighted by Gasteiger charge is 2.45. The molecular weight excluding hydrogens is 630 g/mol. The van der Waals surface area contributed by atoms with Crippen LogP contribution in [-0.2, 0) is 32.0 Å². The summed E-state index contributed by atoms with van der Waals surface area (Å²) in [6.45, 7) is 2.85. The molecule has 1 N–H and O–H groups in total. The summed E-state index contributed by atoms with van der Waals surface area (Å²) in [5, 5.41) is 3.56. The molecule has 0 aromatic heterocycles. The molecule has 0 spiro atoms. The average Bonchev–Trinajstić information content (AvgIpc) is 2.97. The molecule has 1 amide bonds. The quantitative estimate of drug-likeness (QED) is 0.181. The van der Waals surface area contributed by atoms with Crippen LogP contribution in [0.2, 0.25) is 10.0 Å². The van der Waals surface area contributed by atoms with Crippen molar-refractivity contribution in [3.63, 3.8) is 0 Å². The van der Waals surface area contributed by atoms with E-state index in [1.807, 2.05) is 0 Å². The lowest BCUT2D eigenvalue weighted by atomic mass is 9.84. The highest BCUT2D eigenvalue weighted by atomic mass is 35.5. The Morgan fingerprint density at radius 2 is 1.42 bits per heavy atom. The number of carbonyl (C=O) groups is 4. The van der Waals surface area contributed by atoms with Gasteiger partial charge in [0.1, 0.15) is 17.6 Å². The highest BCUT2D eigenvalue weighted by Crippen LogP contribution is 2.31. The Labute approximate surface area is 270 Å². The lowest BCUT2D eigenvalue weighted by Gasteiger charge is -2.26. The van der Waals surface area contributed by atoms with Crippen LogP contribution < -0.4 is 10.1 Å². The first-order chi connectivity index (χ1) is 21.2. The van der Waals surface area contributed by atoms with Crippen LogP contribution in [0.5, 0.6) is 5.75 Å². The summed E-state index contributed by atoms with van der Waals surface area (Å²) < 4.78 is 45.3. The number of amides is 1. The van der Waals surface area contributed by atoms with Crippen molar-refractivity contribution < 1.29 is 37.1 Å². The van der Waals surface area contributed by atoms with Crippen molar-refractivity contribution in [2.24, 2.45) is 17.8 Å². The van der Waals surface area contributed by atoms with E-state index in [1.54, 1.807) is 60.7 Å². The maximum absolute atomic E-state index is 13.9. The molecule has 0 fully saturated rings. The van der Waals surface area contributed by atoms with Gasteiger partial charge in [-0.2, -0.15) is 13.2 Å². The van der Waals surface area contributed by atoms with Crippen molar-refractivity contribution in [1.82, 2.24) is 5.32 Å². The Bertz CT molecular complexity index is 1510. The van der Waals surface area contributed by atoms with Crippen LogP contribution in [0.1, 0.15) is 49.4 Å². The van der Waals surface area contributed by atoms with Gasteiger partial charge in [0, 0.05) is 41.1 Å². The van der Waals surface area contributed by atoms with Crippen molar-refractivity contribution in [3.8, 4) is 5.75 Å². The fraction of sp³-hybridized carbons (Fsp3) is 0.353. The fourth-order valence-corrected chi connectivity index (χ4v) is 5.44. The third-order valence-corrected chi connectivity index (χ3v) is 7.88. The molecule has 0 bridgehead atoms. The van der Waals surface area contributed by atoms with Crippen LogP contribution in [0.3, 0.4) is 0 Å². The van der Waals surface area contributed by atoms with Crippen LogP contribution in [0.4, 0.5) is 13.2 Å². The van der Waals surface area contributed by atoms with Crippen LogP contribution in [0, 0.1) is 17.8 Å². The average molecular weight is 665 g/mol. The van der Waals surface area contributed by atoms with Crippen molar-refractivity contribution in [1.29, 1.82) is 0 Å². The van der Waals surface area contributed by atoms with Gasteiger partial charge in [-0.15, -0.1) is 0 Å². The van der Waals surface area contributed by atoms with E-state index in [1.165, 1.54) is 33.1 Å². The molecule has 0 aliphatic heterocycles. The number of alkyl halides is 3. The second-order valence-electron chi connectivity index (χ2n) is 11.2. The Balaban J connectivity index is 1.94. The number of hydrogen-bond acceptors (Lipinski definition) is 5. The molecule has 0 radical (unpaired) electrons. The summed E-state index contributed by atoms with van der Waals surface area (Å²) in [5.74, 6) is -6.65. The zero-order valence-corrected chi connectivity index (χ0v) is 26.5. The number of halogens is 5. The first-order valence-corrected chi connectivity index (χ1v) is 15.0. The first-order valence-electron chi connectivity index (χ1n) is 14.3. The molecule has 3 aromatic carbocycles. The monoisotopic (exact) mass is 663 g/mol. The first kappa shape index (κ1) is 35.8. The molecule has 3 atom stereocenters. The van der Waals surface area contributed by atoms with Crippen LogP contribution >= 0.6 is 23.2 Å². The number of rotatable bonds is 15. The Hall–Kier alpha value is -3.69. The normalized spacial score (nSPS) is 13.5. The van der Waals surface area contributed by atoms with Gasteiger partial charge in [0.2, 0.25) is 11.7 Å². The van der Waals surface area contributed by atoms with E-state index in [2.05, 4.69) is 5.32 Å². The smallest absolute Gasteiger partial charge is 0.450 e. The third kappa shape index (κ3) is 10.7. The van der Waals surface area contributed by atoms with Gasteiger partial charge < -0.3 is 10.1 Å². The number of benzene rings is 3. The molecule has 0 aliphatic rings. The van der Waals surface area contributed by atoms with Crippen LogP contribution in [-0.4, -0.2) is 36.5 Å². The SMILES string of the molecule is COc1ccc([C@H](NC(=O)[C@@H](CC(=O)Cc2cccc(Cl)c2)Cc2cccc(Cl)c2)C(=O)C[C@H](C(=O)C(F)(F)F)C(C)C)cc1. The summed E-state index contributed by atoms with van der Waals surface area (Å²) in [4.78, 5) is 52.9. The molecule has 0 unspecified atom stereocenters. The van der Waals surface area contributed by atoms with Crippen LogP contribution in [0.25, 0.3) is 0 Å². The van der Waals surface area contributed by atoms with Gasteiger partial charge in [0.15, 0.2) is 5.78 Å². The van der Waals surface area contributed by atoms with Gasteiger partial charge in [-0.05, 0) is 65.4 Å². The van der Waals surface area contributed by atoms with E-state index in [-0.39, 0.29) is 30.6 Å². The van der Waals surface area contributed by atoms with Gasteiger partial charge >= 0.3 is 6.18 Å². The number of ketones is 3. The molecular formula is C34H34Cl2F3NO5. The summed E-state index contributed by atoms with van der Waals surface area (Å²) in [7, 11) is 1.44. The third-order valence-electron chi connectivity index (χ3n) is 7.41. The van der Waals surface area contributed by atoms with Gasteiger partial charge in [-0.3, -0.25) is 19.2 Å². The lowest BCUT2D eigenvalue weighted by Crippen LogP contribution is -2.41. The fourth-order valence-electron chi connectivity index (χ4n) is 5.01. The van der Waals surface area contributed by atoms with Gasteiger partial charge in [0.05, 0.1) is 7.11 Å². The Kier molecular flexibility index (Phi) is 12.8. The molecule has 240 valence electrons. The summed E-state index contributed by atoms with van der Waals surface area (Å²) in [5.41, 5.74) is 1.61. The molecule has 0 saturated heterocycles. The van der Waals surface area contributed by atoms with Crippen molar-refractivity contribution in [2.45, 2.75) is 51.7 Å². The lowest BCUT2D eigenvalue weighted by molar-refractivity contribution is -0.177. The van der Waals surface area contributed by atoms with E-state index in [0.29, 0.717) is 26.9 Å².